The van der Waals surface area contributed by atoms with Gasteiger partial charge in [-0.05, 0) is 37.3 Å². The van der Waals surface area contributed by atoms with Gasteiger partial charge in [-0.2, -0.15) is 0 Å². The van der Waals surface area contributed by atoms with Crippen molar-refractivity contribution in [2.75, 3.05) is 31.1 Å². The van der Waals surface area contributed by atoms with Crippen LogP contribution in [-0.2, 0) is 4.79 Å². The summed E-state index contributed by atoms with van der Waals surface area (Å²) in [4.78, 5) is 15.8. The Morgan fingerprint density at radius 2 is 2.00 bits per heavy atom. The number of nitrogens with zero attached hydrogens (tertiary/aromatic N) is 2. The summed E-state index contributed by atoms with van der Waals surface area (Å²) in [5.74, 6) is 0.935. The third-order valence-electron chi connectivity index (χ3n) is 4.86. The van der Waals surface area contributed by atoms with Crippen LogP contribution in [0.5, 0.6) is 0 Å². The molecule has 1 atom stereocenters. The van der Waals surface area contributed by atoms with Gasteiger partial charge in [0, 0.05) is 38.3 Å². The van der Waals surface area contributed by atoms with Gasteiger partial charge in [0.2, 0.25) is 5.91 Å². The van der Waals surface area contributed by atoms with Gasteiger partial charge in [0.15, 0.2) is 0 Å². The Kier molecular flexibility index (Phi) is 4.98. The minimum absolute atomic E-state index is 0.185. The molecule has 22 heavy (non-hydrogen) atoms. The standard InChI is InChI=1S/C18H26N2O2/c21-17(13-19-11-5-10-18(19)22)14-20(12-15-6-4-7-15)16-8-2-1-3-9-16/h1-3,8-9,15,17,21H,4-7,10-14H2. The number of rotatable bonds is 7. The molecule has 2 aliphatic rings. The molecule has 1 aromatic carbocycles. The Bertz CT molecular complexity index is 487. The van der Waals surface area contributed by atoms with Crippen molar-refractivity contribution in [3.8, 4) is 0 Å². The van der Waals surface area contributed by atoms with Crippen LogP contribution < -0.4 is 4.90 Å². The quantitative estimate of drug-likeness (QED) is 0.840. The summed E-state index contributed by atoms with van der Waals surface area (Å²) < 4.78 is 0. The van der Waals surface area contributed by atoms with Crippen molar-refractivity contribution < 1.29 is 9.90 Å². The molecule has 120 valence electrons. The van der Waals surface area contributed by atoms with Crippen LogP contribution in [0.3, 0.4) is 0 Å². The first-order valence-electron chi connectivity index (χ1n) is 8.48. The zero-order chi connectivity index (χ0) is 15.4. The molecule has 1 heterocycles. The monoisotopic (exact) mass is 302 g/mol. The van der Waals surface area contributed by atoms with E-state index in [1.54, 1.807) is 4.90 Å². The fourth-order valence-corrected chi connectivity index (χ4v) is 3.37. The SMILES string of the molecule is O=C1CCCN1CC(O)CN(CC1CCC1)c1ccccc1. The van der Waals surface area contributed by atoms with Crippen molar-refractivity contribution in [2.24, 2.45) is 5.92 Å². The smallest absolute Gasteiger partial charge is 0.222 e. The number of carbonyl (C=O) groups is 1. The minimum Gasteiger partial charge on any atom is -0.389 e. The van der Waals surface area contributed by atoms with Crippen LogP contribution in [0.25, 0.3) is 0 Å². The van der Waals surface area contributed by atoms with Gasteiger partial charge in [-0.15, -0.1) is 0 Å². The first kappa shape index (κ1) is 15.3. The summed E-state index contributed by atoms with van der Waals surface area (Å²) in [5, 5.41) is 10.4. The number of β-amino-alcohol motifs (C(OH)–C–C–N with tert-alkyl or cyclic N) is 1. The summed E-state index contributed by atoms with van der Waals surface area (Å²) >= 11 is 0. The zero-order valence-electron chi connectivity index (χ0n) is 13.2. The molecule has 0 spiro atoms. The van der Waals surface area contributed by atoms with Gasteiger partial charge in [0.25, 0.3) is 0 Å². The molecule has 0 radical (unpaired) electrons. The van der Waals surface area contributed by atoms with E-state index < -0.39 is 6.10 Å². The number of aliphatic hydroxyl groups is 1. The molecule has 4 heteroatoms. The molecule has 1 aromatic rings. The van der Waals surface area contributed by atoms with Gasteiger partial charge in [0.1, 0.15) is 0 Å². The fourth-order valence-electron chi connectivity index (χ4n) is 3.37. The average molecular weight is 302 g/mol. The number of hydrogen-bond acceptors (Lipinski definition) is 3. The summed E-state index contributed by atoms with van der Waals surface area (Å²) in [5.41, 5.74) is 1.17. The Morgan fingerprint density at radius 1 is 1.23 bits per heavy atom. The summed E-state index contributed by atoms with van der Waals surface area (Å²) in [7, 11) is 0. The van der Waals surface area contributed by atoms with E-state index in [-0.39, 0.29) is 5.91 Å². The maximum Gasteiger partial charge on any atom is 0.222 e. The summed E-state index contributed by atoms with van der Waals surface area (Å²) in [6, 6.07) is 10.3. The fraction of sp³-hybridized carbons (Fsp3) is 0.611. The normalized spacial score (nSPS) is 20.0. The minimum atomic E-state index is -0.484. The molecule has 0 aromatic heterocycles. The van der Waals surface area contributed by atoms with Crippen molar-refractivity contribution in [2.45, 2.75) is 38.2 Å². The average Bonchev–Trinajstić information content (AvgIpc) is 2.87. The molecule has 2 fully saturated rings. The van der Waals surface area contributed by atoms with Crippen molar-refractivity contribution in [1.29, 1.82) is 0 Å². The largest absolute Gasteiger partial charge is 0.389 e. The topological polar surface area (TPSA) is 43.8 Å². The van der Waals surface area contributed by atoms with Crippen molar-refractivity contribution in [3.63, 3.8) is 0 Å². The van der Waals surface area contributed by atoms with E-state index in [1.807, 2.05) is 18.2 Å². The van der Waals surface area contributed by atoms with E-state index in [2.05, 4.69) is 17.0 Å². The van der Waals surface area contributed by atoms with Crippen LogP contribution in [-0.4, -0.2) is 48.2 Å². The van der Waals surface area contributed by atoms with E-state index in [0.29, 0.717) is 19.5 Å². The lowest BCUT2D eigenvalue weighted by Crippen LogP contribution is -2.43. The molecule has 1 amide bonds. The first-order valence-corrected chi connectivity index (χ1v) is 8.48. The van der Waals surface area contributed by atoms with Crippen molar-refractivity contribution in [1.82, 2.24) is 4.90 Å². The van der Waals surface area contributed by atoms with E-state index in [1.165, 1.54) is 24.9 Å². The number of aliphatic hydroxyl groups excluding tert-OH is 1. The summed E-state index contributed by atoms with van der Waals surface area (Å²) in [6.45, 7) is 2.87. The second-order valence-electron chi connectivity index (χ2n) is 6.63. The highest BCUT2D eigenvalue weighted by Crippen LogP contribution is 2.29. The predicted octanol–water partition coefficient (Wildman–Crippen LogP) is 2.28. The van der Waals surface area contributed by atoms with Crippen molar-refractivity contribution in [3.05, 3.63) is 30.3 Å². The van der Waals surface area contributed by atoms with Crippen LogP contribution in [0, 0.1) is 5.92 Å². The van der Waals surface area contributed by atoms with Crippen LogP contribution >= 0.6 is 0 Å². The molecule has 1 saturated heterocycles. The van der Waals surface area contributed by atoms with Crippen LogP contribution in [0.2, 0.25) is 0 Å². The molecule has 0 bridgehead atoms. The molecule has 1 aliphatic heterocycles. The van der Waals surface area contributed by atoms with Gasteiger partial charge in [-0.1, -0.05) is 24.6 Å². The maximum absolute atomic E-state index is 11.7. The predicted molar refractivity (Wildman–Crippen MR) is 87.8 cm³/mol. The number of hydrogen-bond donors (Lipinski definition) is 1. The molecular weight excluding hydrogens is 276 g/mol. The Morgan fingerprint density at radius 3 is 2.59 bits per heavy atom. The van der Waals surface area contributed by atoms with Crippen LogP contribution in [0.15, 0.2) is 30.3 Å². The molecule has 1 unspecified atom stereocenters. The molecule has 1 N–H and O–H groups in total. The van der Waals surface area contributed by atoms with Crippen LogP contribution in [0.4, 0.5) is 5.69 Å². The number of likely N-dealkylation sites (tertiary alicyclic amines) is 1. The molecule has 1 saturated carbocycles. The molecular formula is C18H26N2O2. The van der Waals surface area contributed by atoms with Gasteiger partial charge in [-0.25, -0.2) is 0 Å². The number of amides is 1. The second kappa shape index (κ2) is 7.14. The van der Waals surface area contributed by atoms with E-state index >= 15 is 0 Å². The number of carbonyl (C=O) groups excluding carboxylic acids is 1. The third kappa shape index (κ3) is 3.80. The van der Waals surface area contributed by atoms with Gasteiger partial charge >= 0.3 is 0 Å². The van der Waals surface area contributed by atoms with E-state index in [4.69, 9.17) is 0 Å². The zero-order valence-corrected chi connectivity index (χ0v) is 13.2. The van der Waals surface area contributed by atoms with Crippen molar-refractivity contribution >= 4 is 11.6 Å². The summed E-state index contributed by atoms with van der Waals surface area (Å²) in [6.07, 6.45) is 5.00. The Hall–Kier alpha value is -1.55. The molecule has 1 aliphatic carbocycles. The highest BCUT2D eigenvalue weighted by atomic mass is 16.3. The lowest BCUT2D eigenvalue weighted by molar-refractivity contribution is -0.128. The Balaban J connectivity index is 1.59. The first-order chi connectivity index (χ1) is 10.7. The lowest BCUT2D eigenvalue weighted by Gasteiger charge is -2.35. The highest BCUT2D eigenvalue weighted by Gasteiger charge is 2.26. The van der Waals surface area contributed by atoms with E-state index in [0.717, 1.165) is 25.4 Å². The number of para-hydroxylation sites is 1. The number of benzene rings is 1. The van der Waals surface area contributed by atoms with Gasteiger partial charge in [-0.3, -0.25) is 4.79 Å². The van der Waals surface area contributed by atoms with Gasteiger partial charge < -0.3 is 14.9 Å². The van der Waals surface area contributed by atoms with Crippen LogP contribution in [0.1, 0.15) is 32.1 Å². The molecule has 3 rings (SSSR count). The highest BCUT2D eigenvalue weighted by molar-refractivity contribution is 5.78. The Labute approximate surface area is 132 Å². The molecule has 4 nitrogen and oxygen atoms in total. The third-order valence-corrected chi connectivity index (χ3v) is 4.86. The maximum atomic E-state index is 11.7. The second-order valence-corrected chi connectivity index (χ2v) is 6.63. The van der Waals surface area contributed by atoms with Gasteiger partial charge in [0.05, 0.1) is 6.10 Å². The van der Waals surface area contributed by atoms with E-state index in [9.17, 15) is 9.90 Å². The lowest BCUT2D eigenvalue weighted by atomic mass is 9.85. The number of anilines is 1.